The maximum Gasteiger partial charge on any atom is 0.224 e. The molecule has 2 aliphatic heterocycles. The van der Waals surface area contributed by atoms with Crippen molar-refractivity contribution < 1.29 is 4.79 Å². The molecule has 1 fully saturated rings. The van der Waals surface area contributed by atoms with Gasteiger partial charge in [0.25, 0.3) is 0 Å². The van der Waals surface area contributed by atoms with Crippen molar-refractivity contribution in [2.45, 2.75) is 46.6 Å². The molecule has 94 valence electrons. The Balaban J connectivity index is 2.37. The van der Waals surface area contributed by atoms with Crippen LogP contribution in [0.1, 0.15) is 41.0 Å². The van der Waals surface area contributed by atoms with Crippen molar-refractivity contribution in [1.82, 2.24) is 4.90 Å². The molecule has 0 aliphatic carbocycles. The van der Waals surface area contributed by atoms with E-state index in [0.29, 0.717) is 6.42 Å². The molecule has 2 heterocycles. The highest BCUT2D eigenvalue weighted by Crippen LogP contribution is 2.43. The van der Waals surface area contributed by atoms with Crippen molar-refractivity contribution in [3.63, 3.8) is 0 Å². The third kappa shape index (κ3) is 1.81. The van der Waals surface area contributed by atoms with E-state index in [0.717, 1.165) is 18.8 Å². The van der Waals surface area contributed by atoms with Crippen LogP contribution >= 0.6 is 0 Å². The SMILES string of the molecule is CC1=CCN=C(C)C12CC(=O)N(C(C)(C)C)C2. The quantitative estimate of drug-likeness (QED) is 0.592. The number of hydrogen-bond donors (Lipinski definition) is 0. The van der Waals surface area contributed by atoms with Crippen LogP contribution in [-0.2, 0) is 4.79 Å². The van der Waals surface area contributed by atoms with Gasteiger partial charge in [0.1, 0.15) is 0 Å². The fourth-order valence-corrected chi connectivity index (χ4v) is 2.84. The molecule has 3 nitrogen and oxygen atoms in total. The number of carbonyl (C=O) groups excluding carboxylic acids is 1. The first kappa shape index (κ1) is 12.3. The molecule has 17 heavy (non-hydrogen) atoms. The Kier molecular flexibility index (Phi) is 2.68. The molecule has 2 rings (SSSR count). The van der Waals surface area contributed by atoms with Crippen molar-refractivity contribution in [2.24, 2.45) is 10.4 Å². The highest BCUT2D eigenvalue weighted by atomic mass is 16.2. The zero-order valence-corrected chi connectivity index (χ0v) is 11.5. The van der Waals surface area contributed by atoms with Crippen LogP contribution < -0.4 is 0 Å². The minimum Gasteiger partial charge on any atom is -0.337 e. The van der Waals surface area contributed by atoms with E-state index in [1.807, 2.05) is 4.90 Å². The van der Waals surface area contributed by atoms with Gasteiger partial charge in [0, 0.05) is 24.2 Å². The molecule has 0 aromatic rings. The van der Waals surface area contributed by atoms with Crippen LogP contribution in [0.3, 0.4) is 0 Å². The third-order valence-electron chi connectivity index (χ3n) is 4.17. The zero-order valence-electron chi connectivity index (χ0n) is 11.5. The molecule has 0 bridgehead atoms. The number of hydrogen-bond acceptors (Lipinski definition) is 2. The van der Waals surface area contributed by atoms with Gasteiger partial charge in [-0.05, 0) is 34.6 Å². The van der Waals surface area contributed by atoms with Crippen molar-refractivity contribution in [2.75, 3.05) is 13.1 Å². The summed E-state index contributed by atoms with van der Waals surface area (Å²) in [5.74, 6) is 0.252. The number of rotatable bonds is 0. The summed E-state index contributed by atoms with van der Waals surface area (Å²) in [6, 6.07) is 0. The van der Waals surface area contributed by atoms with Crippen LogP contribution in [0.15, 0.2) is 16.6 Å². The molecule has 2 aliphatic rings. The highest BCUT2D eigenvalue weighted by molar-refractivity contribution is 5.98. The van der Waals surface area contributed by atoms with Gasteiger partial charge in [0.05, 0.1) is 12.0 Å². The molecule has 1 atom stereocenters. The summed E-state index contributed by atoms with van der Waals surface area (Å²) in [6.07, 6.45) is 2.74. The van der Waals surface area contributed by atoms with Crippen LogP contribution in [0, 0.1) is 5.41 Å². The Morgan fingerprint density at radius 3 is 2.47 bits per heavy atom. The normalized spacial score (nSPS) is 29.7. The fraction of sp³-hybridized carbons (Fsp3) is 0.714. The Labute approximate surface area is 104 Å². The summed E-state index contributed by atoms with van der Waals surface area (Å²) in [4.78, 5) is 18.8. The minimum absolute atomic E-state index is 0.0986. The lowest BCUT2D eigenvalue weighted by molar-refractivity contribution is -0.131. The Morgan fingerprint density at radius 2 is 2.00 bits per heavy atom. The molecule has 0 radical (unpaired) electrons. The molecule has 1 amide bonds. The summed E-state index contributed by atoms with van der Waals surface area (Å²) in [5, 5.41) is 0. The summed E-state index contributed by atoms with van der Waals surface area (Å²) >= 11 is 0. The van der Waals surface area contributed by atoms with Gasteiger partial charge in [0.2, 0.25) is 5.91 Å². The lowest BCUT2D eigenvalue weighted by atomic mass is 9.74. The summed E-state index contributed by atoms with van der Waals surface area (Å²) in [7, 11) is 0. The summed E-state index contributed by atoms with van der Waals surface area (Å²) in [6.45, 7) is 12.0. The molecular weight excluding hydrogens is 212 g/mol. The van der Waals surface area contributed by atoms with Crippen LogP contribution in [0.5, 0.6) is 0 Å². The molecule has 0 aromatic carbocycles. The first-order valence-corrected chi connectivity index (χ1v) is 6.26. The first-order valence-electron chi connectivity index (χ1n) is 6.26. The third-order valence-corrected chi connectivity index (χ3v) is 4.17. The van der Waals surface area contributed by atoms with Crippen LogP contribution in [0.4, 0.5) is 0 Å². The van der Waals surface area contributed by atoms with E-state index in [1.165, 1.54) is 5.57 Å². The zero-order chi connectivity index (χ0) is 12.8. The van der Waals surface area contributed by atoms with E-state index in [-0.39, 0.29) is 16.9 Å². The van der Waals surface area contributed by atoms with E-state index in [4.69, 9.17) is 0 Å². The van der Waals surface area contributed by atoms with Gasteiger partial charge in [-0.25, -0.2) is 0 Å². The lowest BCUT2D eigenvalue weighted by Gasteiger charge is -2.36. The standard InChI is InChI=1S/C14H22N2O/c1-10-6-7-15-11(2)14(10)8-12(17)16(9-14)13(3,4)5/h6H,7-9H2,1-5H3. The van der Waals surface area contributed by atoms with E-state index in [1.54, 1.807) is 0 Å². The van der Waals surface area contributed by atoms with Crippen molar-refractivity contribution in [1.29, 1.82) is 0 Å². The predicted octanol–water partition coefficient (Wildman–Crippen LogP) is 2.42. The van der Waals surface area contributed by atoms with Crippen molar-refractivity contribution >= 4 is 11.6 Å². The maximum atomic E-state index is 12.2. The summed E-state index contributed by atoms with van der Waals surface area (Å²) in [5.41, 5.74) is 2.21. The van der Waals surface area contributed by atoms with E-state index < -0.39 is 0 Å². The number of carbonyl (C=O) groups is 1. The van der Waals surface area contributed by atoms with Gasteiger partial charge >= 0.3 is 0 Å². The topological polar surface area (TPSA) is 32.7 Å². The second kappa shape index (κ2) is 3.69. The number of amides is 1. The van der Waals surface area contributed by atoms with Gasteiger partial charge in [0.15, 0.2) is 0 Å². The lowest BCUT2D eigenvalue weighted by Crippen LogP contribution is -2.45. The van der Waals surface area contributed by atoms with Crippen molar-refractivity contribution in [3.05, 3.63) is 11.6 Å². The van der Waals surface area contributed by atoms with Gasteiger partial charge in [-0.2, -0.15) is 0 Å². The molecule has 1 saturated heterocycles. The van der Waals surface area contributed by atoms with Crippen molar-refractivity contribution in [3.8, 4) is 0 Å². The fourth-order valence-electron chi connectivity index (χ4n) is 2.84. The van der Waals surface area contributed by atoms with Crippen LogP contribution in [0.2, 0.25) is 0 Å². The average molecular weight is 234 g/mol. The van der Waals surface area contributed by atoms with E-state index in [2.05, 4.69) is 45.7 Å². The van der Waals surface area contributed by atoms with Crippen LogP contribution in [-0.4, -0.2) is 35.1 Å². The van der Waals surface area contributed by atoms with Gasteiger partial charge < -0.3 is 4.90 Å². The Morgan fingerprint density at radius 1 is 1.35 bits per heavy atom. The number of aliphatic imine (C=N–C) groups is 1. The number of dihydropyridines is 1. The molecule has 0 N–H and O–H groups in total. The molecule has 1 unspecified atom stereocenters. The number of nitrogens with zero attached hydrogens (tertiary/aromatic N) is 2. The monoisotopic (exact) mass is 234 g/mol. The first-order chi connectivity index (χ1) is 7.77. The average Bonchev–Trinajstić information content (AvgIpc) is 2.54. The number of likely N-dealkylation sites (tertiary alicyclic amines) is 1. The summed E-state index contributed by atoms with van der Waals surface area (Å²) < 4.78 is 0. The molecule has 0 aromatic heterocycles. The largest absolute Gasteiger partial charge is 0.337 e. The van der Waals surface area contributed by atoms with Gasteiger partial charge in [-0.1, -0.05) is 11.6 Å². The van der Waals surface area contributed by atoms with Crippen LogP contribution in [0.25, 0.3) is 0 Å². The van der Waals surface area contributed by atoms with Gasteiger partial charge in [-0.15, -0.1) is 0 Å². The molecular formula is C14H22N2O. The van der Waals surface area contributed by atoms with Gasteiger partial charge in [-0.3, -0.25) is 9.79 Å². The minimum atomic E-state index is -0.122. The molecule has 1 spiro atoms. The second-order valence-corrected chi connectivity index (χ2v) is 6.22. The predicted molar refractivity (Wildman–Crippen MR) is 70.2 cm³/mol. The Hall–Kier alpha value is -1.12. The molecule has 3 heteroatoms. The van der Waals surface area contributed by atoms with E-state index in [9.17, 15) is 4.79 Å². The maximum absolute atomic E-state index is 12.2. The Bertz CT molecular complexity index is 394. The second-order valence-electron chi connectivity index (χ2n) is 6.22. The molecule has 0 saturated carbocycles. The smallest absolute Gasteiger partial charge is 0.224 e. The van der Waals surface area contributed by atoms with E-state index >= 15 is 0 Å². The highest BCUT2D eigenvalue weighted by Gasteiger charge is 2.49.